The van der Waals surface area contributed by atoms with Gasteiger partial charge in [-0.3, -0.25) is 4.79 Å². The van der Waals surface area contributed by atoms with E-state index < -0.39 is 0 Å². The lowest BCUT2D eigenvalue weighted by Gasteiger charge is -2.25. The van der Waals surface area contributed by atoms with E-state index in [0.29, 0.717) is 28.3 Å². The Hall–Kier alpha value is -3.91. The van der Waals surface area contributed by atoms with Crippen LogP contribution in [0.1, 0.15) is 68.8 Å². The van der Waals surface area contributed by atoms with Gasteiger partial charge in [0.15, 0.2) is 5.82 Å². The Bertz CT molecular complexity index is 1540. The number of hydrogen-bond acceptors (Lipinski definition) is 8. The molecule has 4 aromatic rings. The van der Waals surface area contributed by atoms with Gasteiger partial charge in [-0.05, 0) is 70.4 Å². The van der Waals surface area contributed by atoms with Crippen LogP contribution >= 0.6 is 11.9 Å². The first kappa shape index (κ1) is 25.4. The summed E-state index contributed by atoms with van der Waals surface area (Å²) in [5.74, 6) is 1.86. The first-order chi connectivity index (χ1) is 19.0. The first-order valence-corrected chi connectivity index (χ1v) is 14.3. The number of aromatic nitrogens is 6. The molecule has 1 amide bonds. The molecule has 6 rings (SSSR count). The van der Waals surface area contributed by atoms with Gasteiger partial charge in [0, 0.05) is 59.5 Å². The Morgan fingerprint density at radius 1 is 1.10 bits per heavy atom. The molecule has 2 saturated carbocycles. The van der Waals surface area contributed by atoms with E-state index in [9.17, 15) is 4.79 Å². The summed E-state index contributed by atoms with van der Waals surface area (Å²) in [5.41, 5.74) is 2.40. The van der Waals surface area contributed by atoms with Crippen molar-refractivity contribution < 1.29 is 4.79 Å². The second-order valence-electron chi connectivity index (χ2n) is 10.6. The number of carbonyl (C=O) groups is 1. The average Bonchev–Trinajstić information content (AvgIpc) is 3.48. The third-order valence-corrected chi connectivity index (χ3v) is 8.46. The molecule has 39 heavy (non-hydrogen) atoms. The molecule has 0 aliphatic heterocycles. The molecule has 0 bridgehead atoms. The van der Waals surface area contributed by atoms with Gasteiger partial charge in [0.25, 0.3) is 5.91 Å². The summed E-state index contributed by atoms with van der Waals surface area (Å²) in [7, 11) is 0. The van der Waals surface area contributed by atoms with Gasteiger partial charge in [0.2, 0.25) is 0 Å². The number of nitrogens with zero attached hydrogens (tertiary/aromatic N) is 7. The van der Waals surface area contributed by atoms with Gasteiger partial charge in [0.1, 0.15) is 11.6 Å². The molecule has 4 heterocycles. The minimum absolute atomic E-state index is 0.0943. The minimum Gasteiger partial charge on any atom is -0.349 e. The van der Waals surface area contributed by atoms with Crippen molar-refractivity contribution in [2.75, 3.05) is 5.32 Å². The summed E-state index contributed by atoms with van der Waals surface area (Å²) in [6, 6.07) is 6.37. The van der Waals surface area contributed by atoms with Crippen molar-refractivity contribution in [1.29, 1.82) is 5.26 Å². The van der Waals surface area contributed by atoms with Crippen LogP contribution in [0, 0.1) is 17.2 Å². The zero-order chi connectivity index (χ0) is 26.9. The molecule has 10 nitrogen and oxygen atoms in total. The Kier molecular flexibility index (Phi) is 6.95. The van der Waals surface area contributed by atoms with Crippen LogP contribution in [0.4, 0.5) is 11.6 Å². The normalized spacial score (nSPS) is 19.2. The van der Waals surface area contributed by atoms with Crippen LogP contribution in [0.3, 0.4) is 0 Å². The van der Waals surface area contributed by atoms with Gasteiger partial charge < -0.3 is 15.2 Å². The van der Waals surface area contributed by atoms with Crippen molar-refractivity contribution >= 4 is 40.4 Å². The molecule has 2 fully saturated rings. The van der Waals surface area contributed by atoms with E-state index in [1.807, 2.05) is 22.5 Å². The Morgan fingerprint density at radius 3 is 2.67 bits per heavy atom. The van der Waals surface area contributed by atoms with Gasteiger partial charge in [-0.1, -0.05) is 0 Å². The van der Waals surface area contributed by atoms with E-state index in [1.165, 1.54) is 12.8 Å². The molecule has 4 aromatic heterocycles. The predicted molar refractivity (Wildman–Crippen MR) is 151 cm³/mol. The molecular weight excluding hydrogens is 510 g/mol. The summed E-state index contributed by atoms with van der Waals surface area (Å²) in [4.78, 5) is 27.0. The van der Waals surface area contributed by atoms with Gasteiger partial charge in [0.05, 0.1) is 28.9 Å². The van der Waals surface area contributed by atoms with Gasteiger partial charge >= 0.3 is 0 Å². The number of pyridine rings is 1. The van der Waals surface area contributed by atoms with Gasteiger partial charge in [-0.25, -0.2) is 19.0 Å². The summed E-state index contributed by atoms with van der Waals surface area (Å²) in [5, 5.41) is 21.5. The van der Waals surface area contributed by atoms with Crippen molar-refractivity contribution in [1.82, 2.24) is 34.0 Å². The topological polar surface area (TPSA) is 126 Å². The predicted octanol–water partition coefficient (Wildman–Crippen LogP) is 5.49. The number of hydrogen-bond donors (Lipinski definition) is 2. The number of carbonyl (C=O) groups excluding carboxylic acids is 1. The van der Waals surface area contributed by atoms with Crippen LogP contribution < -0.4 is 10.6 Å². The highest BCUT2D eigenvalue weighted by atomic mass is 32.2. The SMILES string of the molecule is CC(C)n1cc(C(=O)NC2CCC(C#N)CC2)c2cnc(Nc3ccnc(-c4cnn(SC5CC5)c4)n3)cc21. The van der Waals surface area contributed by atoms with Gasteiger partial charge in [-0.15, -0.1) is 0 Å². The van der Waals surface area contributed by atoms with Crippen LogP contribution in [-0.2, 0) is 0 Å². The lowest BCUT2D eigenvalue weighted by Crippen LogP contribution is -2.37. The van der Waals surface area contributed by atoms with Crippen LogP contribution in [-0.4, -0.2) is 45.9 Å². The number of nitriles is 1. The summed E-state index contributed by atoms with van der Waals surface area (Å²) in [6.45, 7) is 4.19. The summed E-state index contributed by atoms with van der Waals surface area (Å²) >= 11 is 1.73. The Balaban J connectivity index is 1.21. The van der Waals surface area contributed by atoms with E-state index in [-0.39, 0.29) is 23.9 Å². The number of fused-ring (bicyclic) bond motifs is 1. The molecule has 200 valence electrons. The Labute approximate surface area is 231 Å². The van der Waals surface area contributed by atoms with Crippen molar-refractivity contribution in [3.8, 4) is 17.5 Å². The molecule has 0 aromatic carbocycles. The second-order valence-corrected chi connectivity index (χ2v) is 11.9. The van der Waals surface area contributed by atoms with E-state index in [4.69, 9.17) is 5.26 Å². The number of anilines is 2. The van der Waals surface area contributed by atoms with E-state index in [2.05, 4.69) is 55.2 Å². The maximum Gasteiger partial charge on any atom is 0.253 e. The summed E-state index contributed by atoms with van der Waals surface area (Å²) in [6.07, 6.45) is 14.9. The van der Waals surface area contributed by atoms with E-state index >= 15 is 0 Å². The smallest absolute Gasteiger partial charge is 0.253 e. The standard InChI is InChI=1S/C28H31N9OS/c1-17(2)36-16-23(28(38)33-20-5-3-18(12-29)4-6-20)22-14-31-26(11-24(22)36)34-25-9-10-30-27(35-25)19-13-32-37(15-19)39-21-7-8-21/h9-11,13-18,20-21H,3-8H2,1-2H3,(H,33,38)(H,30,31,34,35). The van der Waals surface area contributed by atoms with Crippen molar-refractivity contribution in [3.63, 3.8) is 0 Å². The zero-order valence-electron chi connectivity index (χ0n) is 22.0. The molecule has 0 radical (unpaired) electrons. The molecular formula is C28H31N9OS. The molecule has 11 heteroatoms. The fourth-order valence-corrected chi connectivity index (χ4v) is 5.88. The molecule has 0 saturated heterocycles. The molecule has 2 aliphatic rings. The molecule has 2 N–H and O–H groups in total. The highest BCUT2D eigenvalue weighted by molar-refractivity contribution is 7.98. The number of nitrogens with one attached hydrogen (secondary N) is 2. The first-order valence-electron chi connectivity index (χ1n) is 13.5. The monoisotopic (exact) mass is 541 g/mol. The zero-order valence-corrected chi connectivity index (χ0v) is 22.9. The Morgan fingerprint density at radius 2 is 1.92 bits per heavy atom. The average molecular weight is 542 g/mol. The van der Waals surface area contributed by atoms with Crippen LogP contribution in [0.5, 0.6) is 0 Å². The lowest BCUT2D eigenvalue weighted by molar-refractivity contribution is 0.0926. The third-order valence-electron chi connectivity index (χ3n) is 7.28. The van der Waals surface area contributed by atoms with Crippen LogP contribution in [0.2, 0.25) is 0 Å². The van der Waals surface area contributed by atoms with Crippen molar-refractivity contribution in [3.05, 3.63) is 48.7 Å². The second kappa shape index (κ2) is 10.7. The van der Waals surface area contributed by atoms with Gasteiger partial charge in [-0.2, -0.15) is 10.4 Å². The highest BCUT2D eigenvalue weighted by Gasteiger charge is 2.25. The molecule has 0 spiro atoms. The molecule has 2 aliphatic carbocycles. The third kappa shape index (κ3) is 5.61. The maximum absolute atomic E-state index is 13.3. The fourth-order valence-electron chi connectivity index (χ4n) is 4.95. The van der Waals surface area contributed by atoms with Crippen LogP contribution in [0.25, 0.3) is 22.3 Å². The quantitative estimate of drug-likeness (QED) is 0.300. The largest absolute Gasteiger partial charge is 0.349 e. The van der Waals surface area contributed by atoms with Crippen molar-refractivity contribution in [2.45, 2.75) is 69.7 Å². The molecule has 0 atom stereocenters. The number of rotatable bonds is 8. The maximum atomic E-state index is 13.3. The minimum atomic E-state index is -0.0943. The summed E-state index contributed by atoms with van der Waals surface area (Å²) < 4.78 is 3.98. The van der Waals surface area contributed by atoms with E-state index in [1.54, 1.807) is 36.6 Å². The fraction of sp³-hybridized carbons (Fsp3) is 0.429. The van der Waals surface area contributed by atoms with Crippen LogP contribution in [0.15, 0.2) is 43.1 Å². The van der Waals surface area contributed by atoms with E-state index in [0.717, 1.165) is 42.1 Å². The lowest BCUT2D eigenvalue weighted by atomic mass is 9.87. The molecule has 0 unspecified atom stereocenters. The number of amides is 1. The highest BCUT2D eigenvalue weighted by Crippen LogP contribution is 2.35. The van der Waals surface area contributed by atoms with Crippen molar-refractivity contribution in [2.24, 2.45) is 5.92 Å².